The molecule has 32 heavy (non-hydrogen) atoms. The van der Waals surface area contributed by atoms with Gasteiger partial charge in [0.2, 0.25) is 0 Å². The molecule has 6 nitrogen and oxygen atoms in total. The fraction of sp³-hybridized carbons (Fsp3) is 0.320. The Morgan fingerprint density at radius 1 is 1.19 bits per heavy atom. The fourth-order valence-corrected chi connectivity index (χ4v) is 4.57. The Labute approximate surface area is 192 Å². The van der Waals surface area contributed by atoms with Crippen LogP contribution < -0.4 is 4.74 Å². The molecule has 0 radical (unpaired) electrons. The minimum absolute atomic E-state index is 0.0674. The van der Waals surface area contributed by atoms with Crippen LogP contribution in [0.5, 0.6) is 11.5 Å². The average molecular weight is 454 g/mol. The summed E-state index contributed by atoms with van der Waals surface area (Å²) in [6, 6.07) is 18.3. The molecule has 166 valence electrons. The summed E-state index contributed by atoms with van der Waals surface area (Å²) in [5, 5.41) is 20.3. The van der Waals surface area contributed by atoms with E-state index in [4.69, 9.17) is 21.1 Å². The number of aliphatic carboxylic acids is 1. The number of para-hydroxylation sites is 1. The highest BCUT2D eigenvalue weighted by Gasteiger charge is 2.78. The van der Waals surface area contributed by atoms with Crippen molar-refractivity contribution in [2.75, 3.05) is 12.5 Å². The number of carboxylic acids is 1. The fourth-order valence-electron chi connectivity index (χ4n) is 4.50. The summed E-state index contributed by atoms with van der Waals surface area (Å²) in [6.07, 6.45) is 2.74. The molecule has 1 fully saturated rings. The smallest absolute Gasteiger partial charge is 0.330 e. The molecule has 0 unspecified atom stereocenters. The molecule has 0 aromatic heterocycles. The minimum Gasteiger partial charge on any atom is -0.481 e. The molecule has 1 aliphatic carbocycles. The molecule has 0 amide bonds. The molecule has 1 saturated carbocycles. The number of allylic oxidation sites excluding steroid dienone is 1. The van der Waals surface area contributed by atoms with Crippen molar-refractivity contribution in [3.05, 3.63) is 72.3 Å². The maximum atomic E-state index is 12.5. The third-order valence-electron chi connectivity index (χ3n) is 6.11. The highest BCUT2D eigenvalue weighted by atomic mass is 35.5. The molecular weight excluding hydrogens is 430 g/mol. The number of ether oxygens (including phenoxy) is 2. The second-order valence-electron chi connectivity index (χ2n) is 8.14. The van der Waals surface area contributed by atoms with Gasteiger partial charge in [-0.3, -0.25) is 4.79 Å². The summed E-state index contributed by atoms with van der Waals surface area (Å²) in [5.41, 5.74) is -1.63. The van der Waals surface area contributed by atoms with Gasteiger partial charge in [0.25, 0.3) is 0 Å². The Bertz CT molecular complexity index is 1060. The van der Waals surface area contributed by atoms with Gasteiger partial charge in [0, 0.05) is 12.0 Å². The number of rotatable bonds is 9. The van der Waals surface area contributed by atoms with Crippen molar-refractivity contribution in [3.63, 3.8) is 0 Å². The van der Waals surface area contributed by atoms with Gasteiger partial charge in [0.05, 0.1) is 17.9 Å². The monoisotopic (exact) mass is 453 g/mol. The molecule has 0 heterocycles. The Kier molecular flexibility index (Phi) is 6.90. The Hall–Kier alpha value is -3.30. The number of carboxylic acid groups (broad SMARTS) is 1. The first-order chi connectivity index (χ1) is 15.3. The van der Waals surface area contributed by atoms with Crippen LogP contribution >= 0.6 is 11.6 Å². The number of esters is 1. The van der Waals surface area contributed by atoms with Crippen LogP contribution in [0.2, 0.25) is 0 Å². The zero-order valence-corrected chi connectivity index (χ0v) is 18.6. The maximum Gasteiger partial charge on any atom is 0.330 e. The summed E-state index contributed by atoms with van der Waals surface area (Å²) >= 11 is 5.52. The van der Waals surface area contributed by atoms with Gasteiger partial charge in [-0.1, -0.05) is 50.3 Å². The van der Waals surface area contributed by atoms with Crippen molar-refractivity contribution < 1.29 is 24.2 Å². The Morgan fingerprint density at radius 3 is 2.50 bits per heavy atom. The first-order valence-corrected chi connectivity index (χ1v) is 10.7. The SMILES string of the molecule is CC1(C)[C@H](/C=C\C(=O)OCCCl)[C@@]1(C(=O)O)[C@@H](C#N)c1cccc(Oc2ccccc2)c1. The van der Waals surface area contributed by atoms with E-state index in [2.05, 4.69) is 6.07 Å². The van der Waals surface area contributed by atoms with Crippen molar-refractivity contribution in [2.24, 2.45) is 16.7 Å². The average Bonchev–Trinajstić information content (AvgIpc) is 3.27. The van der Waals surface area contributed by atoms with Gasteiger partial charge in [-0.15, -0.1) is 11.6 Å². The van der Waals surface area contributed by atoms with Gasteiger partial charge < -0.3 is 14.6 Å². The van der Waals surface area contributed by atoms with Crippen molar-refractivity contribution in [1.82, 2.24) is 0 Å². The molecule has 0 spiro atoms. The van der Waals surface area contributed by atoms with Crippen LogP contribution in [0.1, 0.15) is 25.3 Å². The van der Waals surface area contributed by atoms with Gasteiger partial charge in [-0.05, 0) is 35.2 Å². The van der Waals surface area contributed by atoms with Crippen LogP contribution in [-0.2, 0) is 14.3 Å². The quantitative estimate of drug-likeness (QED) is 0.320. The van der Waals surface area contributed by atoms with Gasteiger partial charge in [0.15, 0.2) is 0 Å². The van der Waals surface area contributed by atoms with Crippen molar-refractivity contribution in [3.8, 4) is 17.6 Å². The van der Waals surface area contributed by atoms with Crippen LogP contribution in [0.15, 0.2) is 66.7 Å². The zero-order valence-electron chi connectivity index (χ0n) is 17.8. The van der Waals surface area contributed by atoms with Crippen molar-refractivity contribution >= 4 is 23.5 Å². The molecule has 2 aromatic rings. The number of halogens is 1. The highest BCUT2D eigenvalue weighted by molar-refractivity contribution is 6.18. The molecule has 0 aliphatic heterocycles. The Morgan fingerprint density at radius 2 is 1.88 bits per heavy atom. The second-order valence-corrected chi connectivity index (χ2v) is 8.52. The normalized spacial score (nSPS) is 22.0. The number of alkyl halides is 1. The summed E-state index contributed by atoms with van der Waals surface area (Å²) in [6.45, 7) is 3.64. The number of nitrogens with zero attached hydrogens (tertiary/aromatic N) is 1. The van der Waals surface area contributed by atoms with Crippen molar-refractivity contribution in [2.45, 2.75) is 19.8 Å². The molecule has 1 N–H and O–H groups in total. The first kappa shape index (κ1) is 23.4. The summed E-state index contributed by atoms with van der Waals surface area (Å²) < 4.78 is 10.8. The molecule has 3 rings (SSSR count). The number of benzene rings is 2. The van der Waals surface area contributed by atoms with Crippen LogP contribution in [0.3, 0.4) is 0 Å². The summed E-state index contributed by atoms with van der Waals surface area (Å²) in [5.74, 6) is -1.88. The Balaban J connectivity index is 1.92. The van der Waals surface area contributed by atoms with E-state index < -0.39 is 34.6 Å². The lowest BCUT2D eigenvalue weighted by Gasteiger charge is -2.22. The molecule has 2 aromatic carbocycles. The standard InChI is InChI=1S/C25H24ClNO5/c1-24(2)21(11-12-22(28)31-14-13-26)25(24,23(29)30)20(16-27)17-7-6-10-19(15-17)32-18-8-4-3-5-9-18/h3-12,15,20-21H,13-14H2,1-2H3,(H,29,30)/b12-11-/t20-,21-,25+/m0/s1. The van der Waals surface area contributed by atoms with E-state index in [1.54, 1.807) is 50.2 Å². The molecular formula is C25H24ClNO5. The van der Waals surface area contributed by atoms with Crippen LogP contribution in [0.4, 0.5) is 0 Å². The highest BCUT2D eigenvalue weighted by Crippen LogP contribution is 2.75. The van der Waals surface area contributed by atoms with Crippen LogP contribution in [0, 0.1) is 28.1 Å². The lowest BCUT2D eigenvalue weighted by atomic mass is 9.78. The van der Waals surface area contributed by atoms with E-state index in [0.717, 1.165) is 0 Å². The van der Waals surface area contributed by atoms with Gasteiger partial charge in [-0.25, -0.2) is 4.79 Å². The summed E-state index contributed by atoms with van der Waals surface area (Å²) in [7, 11) is 0. The topological polar surface area (TPSA) is 96.6 Å². The molecule has 3 atom stereocenters. The number of hydrogen-bond acceptors (Lipinski definition) is 5. The predicted molar refractivity (Wildman–Crippen MR) is 119 cm³/mol. The van der Waals surface area contributed by atoms with Gasteiger partial charge in [0.1, 0.15) is 23.5 Å². The summed E-state index contributed by atoms with van der Waals surface area (Å²) in [4.78, 5) is 24.4. The molecule has 0 bridgehead atoms. The maximum absolute atomic E-state index is 12.5. The molecule has 0 saturated heterocycles. The van der Waals surface area contributed by atoms with E-state index in [0.29, 0.717) is 17.1 Å². The number of carbonyl (C=O) groups excluding carboxylic acids is 1. The minimum atomic E-state index is -1.41. The van der Waals surface area contributed by atoms with Crippen molar-refractivity contribution in [1.29, 1.82) is 5.26 Å². The lowest BCUT2D eigenvalue weighted by Crippen LogP contribution is -2.28. The molecule has 7 heteroatoms. The van der Waals surface area contributed by atoms with Gasteiger partial charge in [-0.2, -0.15) is 5.26 Å². The first-order valence-electron chi connectivity index (χ1n) is 10.2. The predicted octanol–water partition coefficient (Wildman–Crippen LogP) is 5.15. The van der Waals surface area contributed by atoms with E-state index in [1.165, 1.54) is 12.2 Å². The number of carbonyl (C=O) groups is 2. The van der Waals surface area contributed by atoms with E-state index >= 15 is 0 Å². The third-order valence-corrected chi connectivity index (χ3v) is 6.26. The number of hydrogen-bond donors (Lipinski definition) is 1. The zero-order chi connectivity index (χ0) is 23.4. The van der Waals surface area contributed by atoms with Crippen LogP contribution in [-0.4, -0.2) is 29.5 Å². The largest absolute Gasteiger partial charge is 0.481 e. The lowest BCUT2D eigenvalue weighted by molar-refractivity contribution is -0.145. The van der Waals surface area contributed by atoms with E-state index in [-0.39, 0.29) is 12.5 Å². The van der Waals surface area contributed by atoms with E-state index in [9.17, 15) is 20.0 Å². The van der Waals surface area contributed by atoms with Crippen LogP contribution in [0.25, 0.3) is 0 Å². The van der Waals surface area contributed by atoms with Gasteiger partial charge >= 0.3 is 11.9 Å². The molecule has 1 aliphatic rings. The second kappa shape index (κ2) is 9.46. The third kappa shape index (κ3) is 4.21. The number of nitriles is 1. The van der Waals surface area contributed by atoms with E-state index in [1.807, 2.05) is 18.2 Å².